The summed E-state index contributed by atoms with van der Waals surface area (Å²) >= 11 is 6.16. The van der Waals surface area contributed by atoms with Crippen LogP contribution in [-0.4, -0.2) is 26.6 Å². The number of carbonyl (C=O) groups is 1. The zero-order valence-corrected chi connectivity index (χ0v) is 16.1. The largest absolute Gasteiger partial charge is 0.422 e. The first-order valence-electron chi connectivity index (χ1n) is 8.49. The third-order valence-corrected chi connectivity index (χ3v) is 6.63. The van der Waals surface area contributed by atoms with Gasteiger partial charge in [-0.1, -0.05) is 29.8 Å². The molecule has 28 heavy (non-hydrogen) atoms. The molecule has 0 radical (unpaired) electrons. The van der Waals surface area contributed by atoms with Gasteiger partial charge < -0.3 is 9.73 Å². The summed E-state index contributed by atoms with van der Waals surface area (Å²) < 4.78 is 30.7. The first-order valence-corrected chi connectivity index (χ1v) is 10.5. The van der Waals surface area contributed by atoms with Gasteiger partial charge in [-0.3, -0.25) is 9.10 Å². The van der Waals surface area contributed by atoms with Gasteiger partial charge in [0.25, 0.3) is 5.91 Å². The van der Waals surface area contributed by atoms with Crippen molar-refractivity contribution in [1.82, 2.24) is 0 Å². The molecule has 7 nitrogen and oxygen atoms in total. The molecule has 1 aliphatic rings. The Morgan fingerprint density at radius 2 is 1.93 bits per heavy atom. The molecule has 1 saturated heterocycles. The molecule has 1 aromatic heterocycles. The minimum Gasteiger partial charge on any atom is -0.422 e. The zero-order chi connectivity index (χ0) is 19.9. The summed E-state index contributed by atoms with van der Waals surface area (Å²) in [5.41, 5.74) is 0.0927. The Hall–Kier alpha value is -2.84. The van der Waals surface area contributed by atoms with Crippen LogP contribution in [0, 0.1) is 0 Å². The molecule has 3 aromatic rings. The van der Waals surface area contributed by atoms with Crippen LogP contribution in [-0.2, 0) is 10.0 Å². The molecule has 2 heterocycles. The molecular formula is C19H15ClN2O5S. The molecule has 1 N–H and O–H groups in total. The number of nitrogens with one attached hydrogen (secondary N) is 1. The number of fused-ring (bicyclic) bond motifs is 1. The minimum atomic E-state index is -3.42. The molecule has 1 aliphatic heterocycles. The molecule has 1 fully saturated rings. The lowest BCUT2D eigenvalue weighted by molar-refractivity contribution is 0.102. The van der Waals surface area contributed by atoms with Gasteiger partial charge in [0, 0.05) is 17.6 Å². The number of hydrogen-bond acceptors (Lipinski definition) is 5. The fourth-order valence-corrected chi connectivity index (χ4v) is 4.95. The first-order chi connectivity index (χ1) is 13.3. The number of hydrogen-bond donors (Lipinski definition) is 1. The average Bonchev–Trinajstić information content (AvgIpc) is 3.01. The van der Waals surface area contributed by atoms with Crippen LogP contribution in [0.5, 0.6) is 0 Å². The quantitative estimate of drug-likeness (QED) is 0.658. The molecule has 0 spiro atoms. The second kappa shape index (κ2) is 6.96. The predicted octanol–water partition coefficient (Wildman–Crippen LogP) is 3.24. The van der Waals surface area contributed by atoms with Gasteiger partial charge in [-0.05, 0) is 36.8 Å². The Kier molecular flexibility index (Phi) is 4.60. The van der Waals surface area contributed by atoms with Crippen LogP contribution in [0.15, 0.2) is 57.7 Å². The van der Waals surface area contributed by atoms with Gasteiger partial charge in [0.15, 0.2) is 0 Å². The number of rotatable bonds is 3. The highest BCUT2D eigenvalue weighted by Crippen LogP contribution is 2.33. The van der Waals surface area contributed by atoms with E-state index in [4.69, 9.17) is 16.0 Å². The molecule has 0 atom stereocenters. The zero-order valence-electron chi connectivity index (χ0n) is 14.5. The maximum Gasteiger partial charge on any atom is 0.349 e. The van der Waals surface area contributed by atoms with Crippen molar-refractivity contribution in [2.75, 3.05) is 21.9 Å². The second-order valence-electron chi connectivity index (χ2n) is 6.35. The maximum absolute atomic E-state index is 12.6. The van der Waals surface area contributed by atoms with Crippen molar-refractivity contribution in [3.8, 4) is 0 Å². The van der Waals surface area contributed by atoms with Crippen molar-refractivity contribution in [2.45, 2.75) is 6.42 Å². The van der Waals surface area contributed by atoms with Crippen molar-refractivity contribution < 1.29 is 17.6 Å². The fraction of sp³-hybridized carbons (Fsp3) is 0.158. The SMILES string of the molecule is O=C(Nc1ccc(Cl)c(N2CCCS2(=O)=O)c1)c1cc2ccccc2oc1=O. The topological polar surface area (TPSA) is 96.7 Å². The lowest BCUT2D eigenvalue weighted by atomic mass is 10.1. The molecule has 1 amide bonds. The Morgan fingerprint density at radius 1 is 1.14 bits per heavy atom. The first kappa shape index (κ1) is 18.5. The van der Waals surface area contributed by atoms with Gasteiger partial charge >= 0.3 is 5.63 Å². The third kappa shape index (κ3) is 3.36. The van der Waals surface area contributed by atoms with Crippen molar-refractivity contribution in [3.63, 3.8) is 0 Å². The van der Waals surface area contributed by atoms with Crippen LogP contribution in [0.3, 0.4) is 0 Å². The van der Waals surface area contributed by atoms with Gasteiger partial charge in [-0.25, -0.2) is 13.2 Å². The van der Waals surface area contributed by atoms with E-state index in [2.05, 4.69) is 5.32 Å². The summed E-state index contributed by atoms with van der Waals surface area (Å²) in [6.45, 7) is 0.327. The Balaban J connectivity index is 1.66. The minimum absolute atomic E-state index is 0.0536. The van der Waals surface area contributed by atoms with Crippen LogP contribution in [0.4, 0.5) is 11.4 Å². The normalized spacial score (nSPS) is 15.7. The third-order valence-electron chi connectivity index (χ3n) is 4.46. The molecule has 0 saturated carbocycles. The van der Waals surface area contributed by atoms with Gasteiger partial charge in [0.1, 0.15) is 11.1 Å². The number of para-hydroxylation sites is 1. The van der Waals surface area contributed by atoms with Gasteiger partial charge in [0.05, 0.1) is 16.5 Å². The van der Waals surface area contributed by atoms with E-state index < -0.39 is 21.6 Å². The molecule has 2 aromatic carbocycles. The number of sulfonamides is 1. The summed E-state index contributed by atoms with van der Waals surface area (Å²) in [7, 11) is -3.42. The molecular weight excluding hydrogens is 404 g/mol. The van der Waals surface area contributed by atoms with Gasteiger partial charge in [-0.2, -0.15) is 0 Å². The van der Waals surface area contributed by atoms with Crippen molar-refractivity contribution in [2.24, 2.45) is 0 Å². The number of halogens is 1. The number of anilines is 2. The van der Waals surface area contributed by atoms with Crippen LogP contribution < -0.4 is 15.2 Å². The highest BCUT2D eigenvalue weighted by atomic mass is 35.5. The number of carbonyl (C=O) groups excluding carboxylic acids is 1. The molecule has 0 unspecified atom stereocenters. The summed E-state index contributed by atoms with van der Waals surface area (Å²) in [6, 6.07) is 12.8. The second-order valence-corrected chi connectivity index (χ2v) is 8.77. The molecule has 144 valence electrons. The standard InChI is InChI=1S/C19H15ClN2O5S/c20-15-7-6-13(11-16(15)22-8-3-9-28(22,25)26)21-18(23)14-10-12-4-1-2-5-17(12)27-19(14)24/h1-2,4-7,10-11H,3,8-9H2,(H,21,23). The molecule has 4 rings (SSSR count). The van der Waals surface area contributed by atoms with E-state index in [-0.39, 0.29) is 16.3 Å². The highest BCUT2D eigenvalue weighted by molar-refractivity contribution is 7.93. The Labute approximate surface area is 165 Å². The molecule has 0 aliphatic carbocycles. The lowest BCUT2D eigenvalue weighted by Crippen LogP contribution is -2.26. The smallest absolute Gasteiger partial charge is 0.349 e. The van der Waals surface area contributed by atoms with Gasteiger partial charge in [0.2, 0.25) is 10.0 Å². The number of nitrogens with zero attached hydrogens (tertiary/aromatic N) is 1. The molecule has 9 heteroatoms. The summed E-state index contributed by atoms with van der Waals surface area (Å²) in [4.78, 5) is 24.7. The van der Waals surface area contributed by atoms with E-state index in [0.717, 1.165) is 0 Å². The van der Waals surface area contributed by atoms with Gasteiger partial charge in [-0.15, -0.1) is 0 Å². The van der Waals surface area contributed by atoms with E-state index in [1.54, 1.807) is 24.3 Å². The van der Waals surface area contributed by atoms with E-state index in [1.165, 1.54) is 28.6 Å². The Morgan fingerprint density at radius 3 is 2.68 bits per heavy atom. The summed E-state index contributed by atoms with van der Waals surface area (Å²) in [5, 5.41) is 3.48. The monoisotopic (exact) mass is 418 g/mol. The lowest BCUT2D eigenvalue weighted by Gasteiger charge is -2.19. The maximum atomic E-state index is 12.6. The van der Waals surface area contributed by atoms with Crippen molar-refractivity contribution in [1.29, 1.82) is 0 Å². The van der Waals surface area contributed by atoms with E-state index in [9.17, 15) is 18.0 Å². The fourth-order valence-electron chi connectivity index (χ4n) is 3.11. The van der Waals surface area contributed by atoms with Crippen LogP contribution in [0.25, 0.3) is 11.0 Å². The predicted molar refractivity (Wildman–Crippen MR) is 108 cm³/mol. The van der Waals surface area contributed by atoms with Crippen LogP contribution in [0.2, 0.25) is 5.02 Å². The number of amides is 1. The van der Waals surface area contributed by atoms with Crippen LogP contribution >= 0.6 is 11.6 Å². The van der Waals surface area contributed by atoms with Crippen molar-refractivity contribution in [3.05, 3.63) is 69.5 Å². The summed E-state index contributed by atoms with van der Waals surface area (Å²) in [6.07, 6.45) is 0.507. The summed E-state index contributed by atoms with van der Waals surface area (Å²) in [5.74, 6) is -0.602. The highest BCUT2D eigenvalue weighted by Gasteiger charge is 2.30. The van der Waals surface area contributed by atoms with Crippen molar-refractivity contribution >= 4 is 49.9 Å². The average molecular weight is 419 g/mol. The van der Waals surface area contributed by atoms with E-state index >= 15 is 0 Å². The molecule has 0 bridgehead atoms. The van der Waals surface area contributed by atoms with E-state index in [0.29, 0.717) is 35.3 Å². The Bertz CT molecular complexity index is 1250. The number of benzene rings is 2. The van der Waals surface area contributed by atoms with E-state index in [1.807, 2.05) is 0 Å². The van der Waals surface area contributed by atoms with Crippen LogP contribution in [0.1, 0.15) is 16.8 Å².